The number of nitrogens with one attached hydrogen (secondary N) is 1. The van der Waals surface area contributed by atoms with Crippen LogP contribution in [-0.4, -0.2) is 32.0 Å². The topological polar surface area (TPSA) is 41.6 Å². The molecule has 22 heavy (non-hydrogen) atoms. The van der Waals surface area contributed by atoms with Crippen LogP contribution in [0.2, 0.25) is 0 Å². The molecule has 114 valence electrons. The van der Waals surface area contributed by atoms with Crippen LogP contribution in [0.5, 0.6) is 5.75 Å². The monoisotopic (exact) mass is 296 g/mol. The van der Waals surface area contributed by atoms with Crippen LogP contribution in [-0.2, 0) is 0 Å². The van der Waals surface area contributed by atoms with Gasteiger partial charge < -0.3 is 15.0 Å². The van der Waals surface area contributed by atoms with Crippen LogP contribution >= 0.6 is 0 Å². The van der Waals surface area contributed by atoms with E-state index in [0.717, 1.165) is 23.7 Å². The van der Waals surface area contributed by atoms with E-state index in [1.807, 2.05) is 67.4 Å². The van der Waals surface area contributed by atoms with Gasteiger partial charge in [0.15, 0.2) is 5.78 Å². The van der Waals surface area contributed by atoms with Crippen molar-refractivity contribution in [2.45, 2.75) is 13.0 Å². The van der Waals surface area contributed by atoms with E-state index in [9.17, 15) is 4.79 Å². The summed E-state index contributed by atoms with van der Waals surface area (Å²) in [6.45, 7) is 3.12. The molecule has 0 saturated carbocycles. The highest BCUT2D eigenvalue weighted by Crippen LogP contribution is 2.30. The summed E-state index contributed by atoms with van der Waals surface area (Å²) in [6.07, 6.45) is 0.151. The summed E-state index contributed by atoms with van der Waals surface area (Å²) in [6, 6.07) is 15.5. The predicted octanol–water partition coefficient (Wildman–Crippen LogP) is 3.20. The second-order valence-electron chi connectivity index (χ2n) is 5.64. The molecule has 1 aliphatic heterocycles. The first-order chi connectivity index (χ1) is 10.6. The maximum absolute atomic E-state index is 12.5. The number of para-hydroxylation sites is 1. The molecule has 4 heteroatoms. The van der Waals surface area contributed by atoms with Gasteiger partial charge in [-0.05, 0) is 37.3 Å². The number of Topliss-reactive ketones (excluding diaryl/α,β-unsaturated/α-hetero) is 1. The molecule has 2 aromatic rings. The first-order valence-electron chi connectivity index (χ1n) is 7.47. The van der Waals surface area contributed by atoms with Gasteiger partial charge in [-0.1, -0.05) is 18.2 Å². The maximum Gasteiger partial charge on any atom is 0.182 e. The summed E-state index contributed by atoms with van der Waals surface area (Å²) < 4.78 is 5.73. The van der Waals surface area contributed by atoms with Crippen molar-refractivity contribution in [2.75, 3.05) is 30.4 Å². The minimum absolute atomic E-state index is 0.0922. The van der Waals surface area contributed by atoms with Gasteiger partial charge in [-0.3, -0.25) is 4.79 Å². The van der Waals surface area contributed by atoms with E-state index < -0.39 is 0 Å². The summed E-state index contributed by atoms with van der Waals surface area (Å²) in [5.41, 5.74) is 2.63. The predicted molar refractivity (Wildman–Crippen MR) is 89.1 cm³/mol. The molecule has 0 aliphatic carbocycles. The van der Waals surface area contributed by atoms with Gasteiger partial charge in [-0.15, -0.1) is 0 Å². The van der Waals surface area contributed by atoms with Crippen molar-refractivity contribution in [3.8, 4) is 5.75 Å². The van der Waals surface area contributed by atoms with Crippen molar-refractivity contribution in [1.82, 2.24) is 0 Å². The number of benzene rings is 2. The Morgan fingerprint density at radius 3 is 2.82 bits per heavy atom. The van der Waals surface area contributed by atoms with Crippen LogP contribution in [0.1, 0.15) is 17.3 Å². The average Bonchev–Trinajstić information content (AvgIpc) is 2.55. The fraction of sp³-hybridized carbons (Fsp3) is 0.278. The fourth-order valence-electron chi connectivity index (χ4n) is 2.54. The van der Waals surface area contributed by atoms with Crippen LogP contribution < -0.4 is 15.0 Å². The number of likely N-dealkylation sites (N-methyl/N-ethyl adjacent to an activating group) is 1. The Morgan fingerprint density at radius 2 is 2.05 bits per heavy atom. The number of nitrogens with zero attached hydrogens (tertiary/aromatic N) is 1. The molecule has 0 aromatic heterocycles. The van der Waals surface area contributed by atoms with Crippen molar-refractivity contribution in [3.63, 3.8) is 0 Å². The Balaban J connectivity index is 1.73. The Hall–Kier alpha value is -2.49. The van der Waals surface area contributed by atoms with E-state index in [1.165, 1.54) is 0 Å². The first-order valence-corrected chi connectivity index (χ1v) is 7.47. The minimum atomic E-state index is 0.0922. The number of fused-ring (bicyclic) bond motifs is 1. The number of ketones is 1. The molecule has 0 bridgehead atoms. The zero-order valence-corrected chi connectivity index (χ0v) is 12.9. The summed E-state index contributed by atoms with van der Waals surface area (Å²) >= 11 is 0. The van der Waals surface area contributed by atoms with Gasteiger partial charge in [0.25, 0.3) is 0 Å². The lowest BCUT2D eigenvalue weighted by atomic mass is 10.1. The van der Waals surface area contributed by atoms with E-state index in [0.29, 0.717) is 12.1 Å². The lowest BCUT2D eigenvalue weighted by Gasteiger charge is -2.25. The van der Waals surface area contributed by atoms with Gasteiger partial charge in [-0.2, -0.15) is 0 Å². The highest BCUT2D eigenvalue weighted by Gasteiger charge is 2.18. The standard InChI is InChI=1S/C18H20N2O2/c1-13-11-19-16-10-14(8-9-18(16)22-13)17(21)12-20(2)15-6-4-3-5-7-15/h3-10,13,19H,11-12H2,1-2H3. The smallest absolute Gasteiger partial charge is 0.182 e. The SMILES string of the molecule is CC1CNc2cc(C(=O)CN(C)c3ccccc3)ccc2O1. The third-order valence-electron chi connectivity index (χ3n) is 3.79. The third-order valence-corrected chi connectivity index (χ3v) is 3.79. The number of carbonyl (C=O) groups excluding carboxylic acids is 1. The van der Waals surface area contributed by atoms with Crippen molar-refractivity contribution in [1.29, 1.82) is 0 Å². The summed E-state index contributed by atoms with van der Waals surface area (Å²) in [4.78, 5) is 14.4. The van der Waals surface area contributed by atoms with E-state index in [4.69, 9.17) is 4.74 Å². The van der Waals surface area contributed by atoms with Gasteiger partial charge in [0, 0.05) is 18.3 Å². The van der Waals surface area contributed by atoms with E-state index >= 15 is 0 Å². The molecule has 0 spiro atoms. The average molecular weight is 296 g/mol. The lowest BCUT2D eigenvalue weighted by Crippen LogP contribution is -2.28. The summed E-state index contributed by atoms with van der Waals surface area (Å²) in [5.74, 6) is 0.904. The lowest BCUT2D eigenvalue weighted by molar-refractivity contribution is 0.100. The molecule has 1 N–H and O–H groups in total. The van der Waals surface area contributed by atoms with Crippen molar-refractivity contribution in [3.05, 3.63) is 54.1 Å². The fourth-order valence-corrected chi connectivity index (χ4v) is 2.54. The number of carbonyl (C=O) groups is 1. The number of rotatable bonds is 4. The summed E-state index contributed by atoms with van der Waals surface area (Å²) in [5, 5.41) is 3.30. The van der Waals surface area contributed by atoms with Gasteiger partial charge >= 0.3 is 0 Å². The molecule has 1 aliphatic rings. The second-order valence-corrected chi connectivity index (χ2v) is 5.64. The molecule has 0 fully saturated rings. The van der Waals surface area contributed by atoms with E-state index in [1.54, 1.807) is 0 Å². The molecular formula is C18H20N2O2. The van der Waals surface area contributed by atoms with Crippen molar-refractivity contribution in [2.24, 2.45) is 0 Å². The van der Waals surface area contributed by atoms with E-state index in [2.05, 4.69) is 5.32 Å². The highest BCUT2D eigenvalue weighted by atomic mass is 16.5. The number of anilines is 2. The zero-order valence-electron chi connectivity index (χ0n) is 12.9. The molecule has 0 amide bonds. The van der Waals surface area contributed by atoms with Crippen LogP contribution in [0.3, 0.4) is 0 Å². The van der Waals surface area contributed by atoms with Gasteiger partial charge in [0.1, 0.15) is 11.9 Å². The van der Waals surface area contributed by atoms with Gasteiger partial charge in [-0.25, -0.2) is 0 Å². The van der Waals surface area contributed by atoms with Crippen molar-refractivity contribution >= 4 is 17.2 Å². The maximum atomic E-state index is 12.5. The zero-order chi connectivity index (χ0) is 15.5. The highest BCUT2D eigenvalue weighted by molar-refractivity contribution is 6.00. The molecule has 0 saturated heterocycles. The number of ether oxygens (including phenoxy) is 1. The largest absolute Gasteiger partial charge is 0.487 e. The molecular weight excluding hydrogens is 276 g/mol. The third kappa shape index (κ3) is 3.06. The van der Waals surface area contributed by atoms with Crippen LogP contribution in [0, 0.1) is 0 Å². The quantitative estimate of drug-likeness (QED) is 0.880. The van der Waals surface area contributed by atoms with Crippen LogP contribution in [0.25, 0.3) is 0 Å². The van der Waals surface area contributed by atoms with Crippen LogP contribution in [0.15, 0.2) is 48.5 Å². The minimum Gasteiger partial charge on any atom is -0.487 e. The summed E-state index contributed by atoms with van der Waals surface area (Å²) in [7, 11) is 1.93. The molecule has 1 heterocycles. The Kier molecular flexibility index (Phi) is 4.00. The Bertz CT molecular complexity index is 670. The molecule has 0 radical (unpaired) electrons. The van der Waals surface area contributed by atoms with Crippen LogP contribution in [0.4, 0.5) is 11.4 Å². The molecule has 1 atom stereocenters. The van der Waals surface area contributed by atoms with Gasteiger partial charge in [0.2, 0.25) is 0 Å². The Morgan fingerprint density at radius 1 is 1.27 bits per heavy atom. The molecule has 4 nitrogen and oxygen atoms in total. The molecule has 1 unspecified atom stereocenters. The second kappa shape index (κ2) is 6.10. The Labute approximate surface area is 130 Å². The molecule has 2 aromatic carbocycles. The molecule has 3 rings (SSSR count). The normalized spacial score (nSPS) is 16.2. The number of hydrogen-bond acceptors (Lipinski definition) is 4. The van der Waals surface area contributed by atoms with Crippen molar-refractivity contribution < 1.29 is 9.53 Å². The van der Waals surface area contributed by atoms with E-state index in [-0.39, 0.29) is 11.9 Å². The van der Waals surface area contributed by atoms with Gasteiger partial charge in [0.05, 0.1) is 18.8 Å². The number of hydrogen-bond donors (Lipinski definition) is 1. The first kappa shape index (κ1) is 14.4.